The average Bonchev–Trinajstić information content (AvgIpc) is 3.54. The first-order chi connectivity index (χ1) is 16.3. The van der Waals surface area contributed by atoms with Gasteiger partial charge in [0, 0.05) is 43.9 Å². The normalized spacial score (nSPS) is 17.8. The van der Waals surface area contributed by atoms with Gasteiger partial charge in [-0.15, -0.1) is 0 Å². The molecule has 4 aromatic rings. The number of H-pyrrole nitrogens is 1. The Kier molecular flexibility index (Phi) is 5.41. The molecule has 2 aliphatic heterocycles. The van der Waals surface area contributed by atoms with Gasteiger partial charge in [-0.3, -0.25) is 0 Å². The highest BCUT2D eigenvalue weighted by Crippen LogP contribution is 2.37. The Labute approximate surface area is 192 Å². The summed E-state index contributed by atoms with van der Waals surface area (Å²) in [6.45, 7) is 3.53. The Balaban J connectivity index is 1.30. The molecule has 3 aromatic heterocycles. The first-order valence-electron chi connectivity index (χ1n) is 11.6. The Bertz CT molecular complexity index is 1280. The van der Waals surface area contributed by atoms with Crippen molar-refractivity contribution in [2.75, 3.05) is 25.0 Å². The minimum absolute atomic E-state index is 0.263. The van der Waals surface area contributed by atoms with Crippen molar-refractivity contribution in [1.29, 1.82) is 0 Å². The van der Waals surface area contributed by atoms with Crippen molar-refractivity contribution < 1.29 is 9.47 Å². The van der Waals surface area contributed by atoms with Crippen LogP contribution in [-0.2, 0) is 17.7 Å². The first-order valence-corrected chi connectivity index (χ1v) is 11.6. The van der Waals surface area contributed by atoms with Gasteiger partial charge in [-0.25, -0.2) is 9.97 Å². The standard InChI is InChI=1S/C26H27N5O2/c1-2-21(32-11-1)15-30-24-13-18(6-9-28-24)22-16-31-26-25(22)23(7-10-29-26)33-20-4-3-17-5-8-27-14-19(17)12-20/h3-4,6-7,9-10,12-13,16,21,27H,1-2,5,8,11,14-15H2,(H,28,30)(H,29,31)/t21-/m1/s1. The molecule has 6 rings (SSSR count). The molecule has 0 bridgehead atoms. The van der Waals surface area contributed by atoms with Gasteiger partial charge in [-0.1, -0.05) is 6.07 Å². The fourth-order valence-corrected chi connectivity index (χ4v) is 4.71. The number of aromatic nitrogens is 3. The number of hydrogen-bond acceptors (Lipinski definition) is 6. The molecule has 168 valence electrons. The molecule has 3 N–H and O–H groups in total. The molecule has 0 radical (unpaired) electrons. The number of aromatic amines is 1. The zero-order chi connectivity index (χ0) is 22.0. The molecule has 1 saturated heterocycles. The number of rotatable bonds is 6. The van der Waals surface area contributed by atoms with Gasteiger partial charge in [0.1, 0.15) is 23.0 Å². The molecular weight excluding hydrogens is 414 g/mol. The van der Waals surface area contributed by atoms with Crippen LogP contribution in [-0.4, -0.2) is 40.8 Å². The molecule has 33 heavy (non-hydrogen) atoms. The van der Waals surface area contributed by atoms with Crippen molar-refractivity contribution in [3.63, 3.8) is 0 Å². The molecule has 1 aromatic carbocycles. The van der Waals surface area contributed by atoms with E-state index in [4.69, 9.17) is 9.47 Å². The highest BCUT2D eigenvalue weighted by Gasteiger charge is 2.17. The van der Waals surface area contributed by atoms with Crippen LogP contribution in [0.2, 0.25) is 0 Å². The van der Waals surface area contributed by atoms with E-state index in [0.29, 0.717) is 0 Å². The van der Waals surface area contributed by atoms with Gasteiger partial charge in [0.15, 0.2) is 0 Å². The lowest BCUT2D eigenvalue weighted by Crippen LogP contribution is -2.23. The maximum atomic E-state index is 6.39. The van der Waals surface area contributed by atoms with E-state index in [1.807, 2.05) is 24.5 Å². The summed E-state index contributed by atoms with van der Waals surface area (Å²) < 4.78 is 12.1. The van der Waals surface area contributed by atoms with E-state index in [9.17, 15) is 0 Å². The maximum Gasteiger partial charge on any atom is 0.141 e. The van der Waals surface area contributed by atoms with Crippen molar-refractivity contribution in [1.82, 2.24) is 20.3 Å². The molecule has 0 unspecified atom stereocenters. The number of hydrogen-bond donors (Lipinski definition) is 3. The molecule has 2 aliphatic rings. The predicted molar refractivity (Wildman–Crippen MR) is 129 cm³/mol. The first kappa shape index (κ1) is 20.2. The van der Waals surface area contributed by atoms with E-state index in [2.05, 4.69) is 49.9 Å². The fourth-order valence-electron chi connectivity index (χ4n) is 4.71. The van der Waals surface area contributed by atoms with E-state index in [0.717, 1.165) is 85.0 Å². The second-order valence-corrected chi connectivity index (χ2v) is 8.64. The average molecular weight is 442 g/mol. The third kappa shape index (κ3) is 4.17. The maximum absolute atomic E-state index is 6.39. The summed E-state index contributed by atoms with van der Waals surface area (Å²) in [5.41, 5.74) is 5.58. The number of fused-ring (bicyclic) bond motifs is 2. The largest absolute Gasteiger partial charge is 0.457 e. The Morgan fingerprint density at radius 1 is 1.09 bits per heavy atom. The zero-order valence-corrected chi connectivity index (χ0v) is 18.4. The molecule has 1 atom stereocenters. The monoisotopic (exact) mass is 441 g/mol. The van der Waals surface area contributed by atoms with Crippen molar-refractivity contribution in [3.8, 4) is 22.6 Å². The molecule has 1 fully saturated rings. The number of nitrogens with zero attached hydrogens (tertiary/aromatic N) is 2. The lowest BCUT2D eigenvalue weighted by molar-refractivity contribution is 0.120. The van der Waals surface area contributed by atoms with Crippen LogP contribution in [0.25, 0.3) is 22.2 Å². The van der Waals surface area contributed by atoms with Crippen LogP contribution in [0.3, 0.4) is 0 Å². The van der Waals surface area contributed by atoms with Crippen molar-refractivity contribution >= 4 is 16.9 Å². The van der Waals surface area contributed by atoms with E-state index in [1.54, 1.807) is 6.20 Å². The molecule has 0 saturated carbocycles. The molecule has 7 nitrogen and oxygen atoms in total. The smallest absolute Gasteiger partial charge is 0.141 e. The van der Waals surface area contributed by atoms with E-state index < -0.39 is 0 Å². The van der Waals surface area contributed by atoms with Gasteiger partial charge < -0.3 is 25.1 Å². The minimum Gasteiger partial charge on any atom is -0.457 e. The van der Waals surface area contributed by atoms with E-state index >= 15 is 0 Å². The van der Waals surface area contributed by atoms with Crippen LogP contribution < -0.4 is 15.4 Å². The number of anilines is 1. The van der Waals surface area contributed by atoms with E-state index in [-0.39, 0.29) is 6.10 Å². The van der Waals surface area contributed by atoms with Crippen LogP contribution in [0.4, 0.5) is 5.82 Å². The van der Waals surface area contributed by atoms with Crippen LogP contribution in [0.5, 0.6) is 11.5 Å². The Morgan fingerprint density at radius 3 is 3.00 bits per heavy atom. The fraction of sp³-hybridized carbons (Fsp3) is 0.308. The highest BCUT2D eigenvalue weighted by molar-refractivity contribution is 5.98. The quantitative estimate of drug-likeness (QED) is 0.404. The van der Waals surface area contributed by atoms with Gasteiger partial charge in [-0.2, -0.15) is 0 Å². The van der Waals surface area contributed by atoms with Crippen molar-refractivity contribution in [2.45, 2.75) is 31.9 Å². The van der Waals surface area contributed by atoms with Gasteiger partial charge in [-0.05, 0) is 72.8 Å². The van der Waals surface area contributed by atoms with Gasteiger partial charge in [0.2, 0.25) is 0 Å². The number of nitrogens with one attached hydrogen (secondary N) is 3. The second kappa shape index (κ2) is 8.84. The van der Waals surface area contributed by atoms with Crippen LogP contribution in [0, 0.1) is 0 Å². The van der Waals surface area contributed by atoms with Crippen molar-refractivity contribution in [3.05, 3.63) is 66.1 Å². The minimum atomic E-state index is 0.263. The zero-order valence-electron chi connectivity index (χ0n) is 18.4. The topological polar surface area (TPSA) is 84.1 Å². The number of pyridine rings is 2. The lowest BCUT2D eigenvalue weighted by atomic mass is 10.0. The Hall–Kier alpha value is -3.42. The van der Waals surface area contributed by atoms with Crippen LogP contribution in [0.1, 0.15) is 24.0 Å². The molecule has 5 heterocycles. The van der Waals surface area contributed by atoms with Gasteiger partial charge >= 0.3 is 0 Å². The summed E-state index contributed by atoms with van der Waals surface area (Å²) in [4.78, 5) is 12.3. The number of ether oxygens (including phenoxy) is 2. The summed E-state index contributed by atoms with van der Waals surface area (Å²) in [5, 5.41) is 7.82. The summed E-state index contributed by atoms with van der Waals surface area (Å²) in [6.07, 6.45) is 9.15. The lowest BCUT2D eigenvalue weighted by Gasteiger charge is -2.18. The summed E-state index contributed by atoms with van der Waals surface area (Å²) in [7, 11) is 0. The third-order valence-electron chi connectivity index (χ3n) is 6.43. The van der Waals surface area contributed by atoms with E-state index in [1.165, 1.54) is 11.1 Å². The summed E-state index contributed by atoms with van der Waals surface area (Å²) in [5.74, 6) is 2.46. The molecule has 7 heteroatoms. The third-order valence-corrected chi connectivity index (χ3v) is 6.43. The summed E-state index contributed by atoms with van der Waals surface area (Å²) >= 11 is 0. The van der Waals surface area contributed by atoms with Crippen molar-refractivity contribution in [2.24, 2.45) is 0 Å². The van der Waals surface area contributed by atoms with Gasteiger partial charge in [0.05, 0.1) is 11.5 Å². The van der Waals surface area contributed by atoms with Crippen LogP contribution >= 0.6 is 0 Å². The second-order valence-electron chi connectivity index (χ2n) is 8.64. The number of benzene rings is 1. The van der Waals surface area contributed by atoms with Crippen LogP contribution in [0.15, 0.2) is 55.0 Å². The molecule has 0 aliphatic carbocycles. The molecule has 0 spiro atoms. The molecule has 0 amide bonds. The highest BCUT2D eigenvalue weighted by atomic mass is 16.5. The Morgan fingerprint density at radius 2 is 2.06 bits per heavy atom. The SMILES string of the molecule is c1cc(-c2c[nH]c3nccc(Oc4ccc5c(c4)CNCC5)c23)cc(NC[C@H]2CCCO2)n1. The summed E-state index contributed by atoms with van der Waals surface area (Å²) in [6, 6.07) is 12.4. The predicted octanol–water partition coefficient (Wildman–Crippen LogP) is 4.65. The van der Waals surface area contributed by atoms with Gasteiger partial charge in [0.25, 0.3) is 0 Å². The molecular formula is C26H27N5O2.